The van der Waals surface area contributed by atoms with Crippen LogP contribution in [0.25, 0.3) is 10.9 Å². The maximum atomic E-state index is 5.55. The number of nitrogens with two attached hydrogens (primary N) is 1. The van der Waals surface area contributed by atoms with Gasteiger partial charge in [0.05, 0.1) is 12.1 Å². The SMILES string of the molecule is CCCc1cc2cccc(COC)c2nc1NN. The summed E-state index contributed by atoms with van der Waals surface area (Å²) >= 11 is 0. The first kappa shape index (κ1) is 12.8. The van der Waals surface area contributed by atoms with E-state index in [4.69, 9.17) is 10.6 Å². The molecule has 4 heteroatoms. The lowest BCUT2D eigenvalue weighted by molar-refractivity contribution is 0.186. The Hall–Kier alpha value is -1.65. The standard InChI is InChI=1S/C14H19N3O/c1-3-5-11-8-10-6-4-7-12(9-18-2)13(10)16-14(11)17-15/h4,6-8H,3,5,9,15H2,1-2H3,(H,16,17). The third-order valence-corrected chi connectivity index (χ3v) is 2.96. The summed E-state index contributed by atoms with van der Waals surface area (Å²) in [6.45, 7) is 2.70. The largest absolute Gasteiger partial charge is 0.380 e. The molecule has 0 radical (unpaired) electrons. The second-order valence-corrected chi connectivity index (χ2v) is 4.31. The quantitative estimate of drug-likeness (QED) is 0.628. The summed E-state index contributed by atoms with van der Waals surface area (Å²) in [4.78, 5) is 4.61. The normalized spacial score (nSPS) is 10.8. The summed E-state index contributed by atoms with van der Waals surface area (Å²) in [5, 5.41) is 1.13. The molecule has 0 saturated carbocycles. The topological polar surface area (TPSA) is 60.2 Å². The van der Waals surface area contributed by atoms with E-state index in [9.17, 15) is 0 Å². The van der Waals surface area contributed by atoms with E-state index in [2.05, 4.69) is 29.5 Å². The van der Waals surface area contributed by atoms with Crippen molar-refractivity contribution in [2.24, 2.45) is 5.84 Å². The molecule has 0 saturated heterocycles. The van der Waals surface area contributed by atoms with E-state index in [1.165, 1.54) is 0 Å². The van der Waals surface area contributed by atoms with Crippen LogP contribution in [0.1, 0.15) is 24.5 Å². The van der Waals surface area contributed by atoms with Crippen molar-refractivity contribution in [2.75, 3.05) is 12.5 Å². The fraction of sp³-hybridized carbons (Fsp3) is 0.357. The molecule has 18 heavy (non-hydrogen) atoms. The number of aromatic nitrogens is 1. The molecule has 0 spiro atoms. The second kappa shape index (κ2) is 5.80. The first-order valence-electron chi connectivity index (χ1n) is 6.17. The van der Waals surface area contributed by atoms with Crippen molar-refractivity contribution in [1.29, 1.82) is 0 Å². The van der Waals surface area contributed by atoms with Crippen LogP contribution in [0.15, 0.2) is 24.3 Å². The van der Waals surface area contributed by atoms with Crippen LogP contribution in [0.5, 0.6) is 0 Å². The van der Waals surface area contributed by atoms with Gasteiger partial charge < -0.3 is 10.2 Å². The number of anilines is 1. The average Bonchev–Trinajstić information content (AvgIpc) is 2.39. The Kier molecular flexibility index (Phi) is 4.12. The predicted octanol–water partition coefficient (Wildman–Crippen LogP) is 2.62. The van der Waals surface area contributed by atoms with E-state index in [1.54, 1.807) is 7.11 Å². The molecule has 0 aliphatic heterocycles. The highest BCUT2D eigenvalue weighted by Gasteiger charge is 2.08. The summed E-state index contributed by atoms with van der Waals surface area (Å²) in [6.07, 6.45) is 2.04. The average molecular weight is 245 g/mol. The van der Waals surface area contributed by atoms with Crippen molar-refractivity contribution in [3.05, 3.63) is 35.4 Å². The number of benzene rings is 1. The van der Waals surface area contributed by atoms with Crippen LogP contribution in [0.4, 0.5) is 5.82 Å². The van der Waals surface area contributed by atoms with Gasteiger partial charge in [-0.1, -0.05) is 31.5 Å². The number of hydrogen-bond donors (Lipinski definition) is 2. The monoisotopic (exact) mass is 245 g/mol. The number of nitrogen functional groups attached to an aromatic ring is 1. The second-order valence-electron chi connectivity index (χ2n) is 4.31. The Labute approximate surface area is 107 Å². The van der Waals surface area contributed by atoms with Crippen LogP contribution >= 0.6 is 0 Å². The van der Waals surface area contributed by atoms with Gasteiger partial charge in [-0.05, 0) is 18.1 Å². The number of hydrazine groups is 1. The minimum Gasteiger partial charge on any atom is -0.380 e. The van der Waals surface area contributed by atoms with E-state index in [-0.39, 0.29) is 0 Å². The number of nitrogens with one attached hydrogen (secondary N) is 1. The molecule has 0 atom stereocenters. The van der Waals surface area contributed by atoms with Gasteiger partial charge in [-0.15, -0.1) is 0 Å². The molecule has 3 N–H and O–H groups in total. The smallest absolute Gasteiger partial charge is 0.143 e. The lowest BCUT2D eigenvalue weighted by Crippen LogP contribution is -2.11. The van der Waals surface area contributed by atoms with E-state index in [0.29, 0.717) is 6.61 Å². The number of methoxy groups -OCH3 is 1. The molecule has 96 valence electrons. The van der Waals surface area contributed by atoms with Crippen LogP contribution in [-0.4, -0.2) is 12.1 Å². The number of para-hydroxylation sites is 1. The minimum absolute atomic E-state index is 0.557. The fourth-order valence-corrected chi connectivity index (χ4v) is 2.16. The van der Waals surface area contributed by atoms with Crippen LogP contribution in [-0.2, 0) is 17.8 Å². The van der Waals surface area contributed by atoms with E-state index in [0.717, 1.165) is 40.7 Å². The summed E-state index contributed by atoms with van der Waals surface area (Å²) in [6, 6.07) is 8.28. The molecule has 2 rings (SSSR count). The zero-order valence-corrected chi connectivity index (χ0v) is 10.9. The Balaban J connectivity index is 2.58. The lowest BCUT2D eigenvalue weighted by atomic mass is 10.1. The van der Waals surface area contributed by atoms with Gasteiger partial charge >= 0.3 is 0 Å². The molecule has 1 aromatic heterocycles. The molecule has 0 aliphatic carbocycles. The summed E-state index contributed by atoms with van der Waals surface area (Å²) in [5.41, 5.74) is 5.87. The first-order valence-corrected chi connectivity index (χ1v) is 6.17. The Morgan fingerprint density at radius 2 is 2.17 bits per heavy atom. The first-order chi connectivity index (χ1) is 8.80. The summed E-state index contributed by atoms with van der Waals surface area (Å²) in [7, 11) is 1.69. The molecule has 0 aliphatic rings. The third-order valence-electron chi connectivity index (χ3n) is 2.96. The molecule has 0 bridgehead atoms. The molecular weight excluding hydrogens is 226 g/mol. The van der Waals surface area contributed by atoms with Gasteiger partial charge in [0.15, 0.2) is 0 Å². The summed E-state index contributed by atoms with van der Waals surface area (Å²) in [5.74, 6) is 6.31. The molecule has 0 amide bonds. The highest BCUT2D eigenvalue weighted by Crippen LogP contribution is 2.24. The number of nitrogens with zero attached hydrogens (tertiary/aromatic N) is 1. The van der Waals surface area contributed by atoms with Crippen molar-refractivity contribution in [2.45, 2.75) is 26.4 Å². The van der Waals surface area contributed by atoms with Crippen LogP contribution < -0.4 is 11.3 Å². The number of fused-ring (bicyclic) bond motifs is 1. The Morgan fingerprint density at radius 1 is 1.33 bits per heavy atom. The van der Waals surface area contributed by atoms with E-state index >= 15 is 0 Å². The Morgan fingerprint density at radius 3 is 2.83 bits per heavy atom. The predicted molar refractivity (Wildman–Crippen MR) is 74.3 cm³/mol. The van der Waals surface area contributed by atoms with Crippen LogP contribution in [0.3, 0.4) is 0 Å². The van der Waals surface area contributed by atoms with E-state index < -0.39 is 0 Å². The van der Waals surface area contributed by atoms with Crippen molar-refractivity contribution >= 4 is 16.7 Å². The molecule has 1 heterocycles. The zero-order chi connectivity index (χ0) is 13.0. The van der Waals surface area contributed by atoms with Gasteiger partial charge in [0.25, 0.3) is 0 Å². The number of rotatable bonds is 5. The highest BCUT2D eigenvalue weighted by atomic mass is 16.5. The number of pyridine rings is 1. The maximum Gasteiger partial charge on any atom is 0.143 e. The van der Waals surface area contributed by atoms with Crippen molar-refractivity contribution in [3.8, 4) is 0 Å². The van der Waals surface area contributed by atoms with Crippen molar-refractivity contribution in [3.63, 3.8) is 0 Å². The molecule has 2 aromatic rings. The van der Waals surface area contributed by atoms with Crippen molar-refractivity contribution < 1.29 is 4.74 Å². The number of ether oxygens (including phenoxy) is 1. The molecule has 4 nitrogen and oxygen atoms in total. The fourth-order valence-electron chi connectivity index (χ4n) is 2.16. The summed E-state index contributed by atoms with van der Waals surface area (Å²) < 4.78 is 5.20. The number of hydrogen-bond acceptors (Lipinski definition) is 4. The van der Waals surface area contributed by atoms with Crippen LogP contribution in [0.2, 0.25) is 0 Å². The Bertz CT molecular complexity index is 540. The van der Waals surface area contributed by atoms with Crippen molar-refractivity contribution in [1.82, 2.24) is 4.98 Å². The third kappa shape index (κ3) is 2.44. The molecule has 0 fully saturated rings. The van der Waals surface area contributed by atoms with E-state index in [1.807, 2.05) is 12.1 Å². The highest BCUT2D eigenvalue weighted by molar-refractivity contribution is 5.84. The minimum atomic E-state index is 0.557. The van der Waals surface area contributed by atoms with Gasteiger partial charge in [0.2, 0.25) is 0 Å². The van der Waals surface area contributed by atoms with Gasteiger partial charge in [-0.3, -0.25) is 0 Å². The van der Waals surface area contributed by atoms with Gasteiger partial charge in [0, 0.05) is 18.1 Å². The van der Waals surface area contributed by atoms with Gasteiger partial charge in [-0.2, -0.15) is 0 Å². The zero-order valence-electron chi connectivity index (χ0n) is 10.9. The van der Waals surface area contributed by atoms with Gasteiger partial charge in [0.1, 0.15) is 5.82 Å². The number of aryl methyl sites for hydroxylation is 1. The molecular formula is C14H19N3O. The van der Waals surface area contributed by atoms with Crippen LogP contribution in [0, 0.1) is 0 Å². The maximum absolute atomic E-state index is 5.55. The molecule has 0 unspecified atom stereocenters. The molecule has 1 aromatic carbocycles. The van der Waals surface area contributed by atoms with Gasteiger partial charge in [-0.25, -0.2) is 10.8 Å². The lowest BCUT2D eigenvalue weighted by Gasteiger charge is -2.11.